The third kappa shape index (κ3) is 4.61. The Morgan fingerprint density at radius 3 is 2.22 bits per heavy atom. The van der Waals surface area contributed by atoms with Crippen molar-refractivity contribution in [1.82, 2.24) is 0 Å². The molecule has 0 N–H and O–H groups in total. The van der Waals surface area contributed by atoms with E-state index in [4.69, 9.17) is 18.9 Å². The fraction of sp³-hybridized carbons (Fsp3) is 0.318. The summed E-state index contributed by atoms with van der Waals surface area (Å²) in [5.74, 6) is 3.28. The Morgan fingerprint density at radius 2 is 1.56 bits per heavy atom. The van der Waals surface area contributed by atoms with Gasteiger partial charge in [-0.3, -0.25) is 4.79 Å². The molecule has 5 heteroatoms. The second kappa shape index (κ2) is 8.62. The van der Waals surface area contributed by atoms with Crippen molar-refractivity contribution in [2.45, 2.75) is 25.7 Å². The maximum Gasteiger partial charge on any atom is 0.169 e. The van der Waals surface area contributed by atoms with Crippen LogP contribution in [0.5, 0.6) is 23.0 Å². The minimum atomic E-state index is 0.0248. The van der Waals surface area contributed by atoms with Crippen LogP contribution in [0.25, 0.3) is 0 Å². The van der Waals surface area contributed by atoms with Gasteiger partial charge < -0.3 is 18.9 Å². The van der Waals surface area contributed by atoms with Crippen LogP contribution in [0.4, 0.5) is 0 Å². The third-order valence-electron chi connectivity index (χ3n) is 4.60. The molecule has 142 valence electrons. The van der Waals surface area contributed by atoms with Crippen LogP contribution in [-0.4, -0.2) is 27.1 Å². The van der Waals surface area contributed by atoms with Crippen LogP contribution in [0, 0.1) is 0 Å². The van der Waals surface area contributed by atoms with Gasteiger partial charge in [0.1, 0.15) is 11.5 Å². The van der Waals surface area contributed by atoms with Crippen LogP contribution < -0.4 is 14.2 Å². The number of allylic oxidation sites excluding steroid dienone is 2. The SMILES string of the molecule is COC1=CC(=O)CCc2cc(c(OC)cc2OC)Oc2ccc(cc2)CC1. The second-order valence-electron chi connectivity index (χ2n) is 6.34. The van der Waals surface area contributed by atoms with E-state index in [0.717, 1.165) is 23.3 Å². The minimum Gasteiger partial charge on any atom is -0.501 e. The zero-order valence-corrected chi connectivity index (χ0v) is 15.9. The van der Waals surface area contributed by atoms with Gasteiger partial charge in [0, 0.05) is 25.0 Å². The van der Waals surface area contributed by atoms with Gasteiger partial charge >= 0.3 is 0 Å². The average Bonchev–Trinajstić information content (AvgIpc) is 2.70. The number of aryl methyl sites for hydroxylation is 2. The van der Waals surface area contributed by atoms with E-state index in [-0.39, 0.29) is 5.78 Å². The zero-order chi connectivity index (χ0) is 19.2. The van der Waals surface area contributed by atoms with E-state index in [9.17, 15) is 4.79 Å². The lowest BCUT2D eigenvalue weighted by Crippen LogP contribution is -2.02. The van der Waals surface area contributed by atoms with Crippen molar-refractivity contribution in [2.75, 3.05) is 21.3 Å². The van der Waals surface area contributed by atoms with Gasteiger partial charge in [0.2, 0.25) is 0 Å². The maximum absolute atomic E-state index is 12.4. The van der Waals surface area contributed by atoms with Gasteiger partial charge in [-0.2, -0.15) is 0 Å². The minimum absolute atomic E-state index is 0.0248. The smallest absolute Gasteiger partial charge is 0.169 e. The largest absolute Gasteiger partial charge is 0.501 e. The Balaban J connectivity index is 2.03. The van der Waals surface area contributed by atoms with Crippen molar-refractivity contribution >= 4 is 5.78 Å². The summed E-state index contributed by atoms with van der Waals surface area (Å²) in [4.78, 5) is 12.4. The predicted molar refractivity (Wildman–Crippen MR) is 103 cm³/mol. The molecule has 0 atom stereocenters. The Bertz CT molecular complexity index is 837. The van der Waals surface area contributed by atoms with Crippen LogP contribution in [0.15, 0.2) is 48.2 Å². The lowest BCUT2D eigenvalue weighted by Gasteiger charge is -2.15. The molecule has 4 rings (SSSR count). The highest BCUT2D eigenvalue weighted by Crippen LogP contribution is 2.38. The molecule has 0 amide bonds. The quantitative estimate of drug-likeness (QED) is 0.800. The molecule has 0 aromatic heterocycles. The van der Waals surface area contributed by atoms with Gasteiger partial charge in [0.05, 0.1) is 27.1 Å². The summed E-state index contributed by atoms with van der Waals surface area (Å²) in [6.07, 6.45) is 3.96. The highest BCUT2D eigenvalue weighted by Gasteiger charge is 2.15. The van der Waals surface area contributed by atoms with E-state index in [1.165, 1.54) is 0 Å². The molecule has 0 radical (unpaired) electrons. The molecule has 2 aliphatic heterocycles. The van der Waals surface area contributed by atoms with Crippen molar-refractivity contribution < 1.29 is 23.7 Å². The molecule has 0 saturated heterocycles. The number of ketones is 1. The van der Waals surface area contributed by atoms with Gasteiger partial charge in [-0.25, -0.2) is 0 Å². The molecule has 4 bridgehead atoms. The fourth-order valence-electron chi connectivity index (χ4n) is 3.07. The highest BCUT2D eigenvalue weighted by molar-refractivity contribution is 5.90. The number of hydrogen-bond acceptors (Lipinski definition) is 5. The van der Waals surface area contributed by atoms with E-state index < -0.39 is 0 Å². The number of methoxy groups -OCH3 is 3. The predicted octanol–water partition coefficient (Wildman–Crippen LogP) is 4.47. The molecule has 2 heterocycles. The molecule has 0 spiro atoms. The van der Waals surface area contributed by atoms with Crippen LogP contribution in [-0.2, 0) is 22.4 Å². The second-order valence-corrected chi connectivity index (χ2v) is 6.34. The molecule has 2 aromatic carbocycles. The number of hydrogen-bond donors (Lipinski definition) is 0. The molecular formula is C22H24O5. The molecule has 5 nitrogen and oxygen atoms in total. The Kier molecular flexibility index (Phi) is 6.01. The number of fused-ring (bicyclic) bond motifs is 7. The number of benzene rings is 2. The van der Waals surface area contributed by atoms with Gasteiger partial charge in [-0.15, -0.1) is 0 Å². The van der Waals surface area contributed by atoms with Crippen LogP contribution >= 0.6 is 0 Å². The van der Waals surface area contributed by atoms with Crippen molar-refractivity contribution in [1.29, 1.82) is 0 Å². The Morgan fingerprint density at radius 1 is 0.815 bits per heavy atom. The van der Waals surface area contributed by atoms with Gasteiger partial charge in [0.15, 0.2) is 17.3 Å². The number of carbonyl (C=O) groups is 1. The zero-order valence-electron chi connectivity index (χ0n) is 15.9. The third-order valence-corrected chi connectivity index (χ3v) is 4.60. The molecule has 2 aromatic rings. The van der Waals surface area contributed by atoms with E-state index in [0.29, 0.717) is 42.3 Å². The van der Waals surface area contributed by atoms with Crippen LogP contribution in [0.2, 0.25) is 0 Å². The molecule has 0 aliphatic carbocycles. The molecule has 0 fully saturated rings. The number of ether oxygens (including phenoxy) is 4. The molecule has 27 heavy (non-hydrogen) atoms. The Labute approximate surface area is 159 Å². The Hall–Kier alpha value is -2.95. The van der Waals surface area contributed by atoms with Crippen molar-refractivity contribution in [2.24, 2.45) is 0 Å². The summed E-state index contributed by atoms with van der Waals surface area (Å²) < 4.78 is 22.3. The summed E-state index contributed by atoms with van der Waals surface area (Å²) >= 11 is 0. The lowest BCUT2D eigenvalue weighted by atomic mass is 10.0. The van der Waals surface area contributed by atoms with Crippen molar-refractivity contribution in [3.63, 3.8) is 0 Å². The van der Waals surface area contributed by atoms with Crippen LogP contribution in [0.3, 0.4) is 0 Å². The number of rotatable bonds is 3. The molecule has 0 unspecified atom stereocenters. The maximum atomic E-state index is 12.4. The first-order valence-corrected chi connectivity index (χ1v) is 8.92. The standard InChI is InChI=1S/C22H24O5/c1-24-19-11-6-15-4-9-18(10-5-15)27-22-12-16(7-8-17(23)13-19)20(25-2)14-21(22)26-3/h4-5,9-10,12-14H,6-8,11H2,1-3H3. The van der Waals surface area contributed by atoms with E-state index in [1.54, 1.807) is 33.5 Å². The first-order valence-electron chi connectivity index (χ1n) is 8.92. The lowest BCUT2D eigenvalue weighted by molar-refractivity contribution is -0.114. The first-order chi connectivity index (χ1) is 13.1. The normalized spacial score (nSPS) is 14.5. The first kappa shape index (κ1) is 18.8. The summed E-state index contributed by atoms with van der Waals surface area (Å²) in [5, 5.41) is 0. The summed E-state index contributed by atoms with van der Waals surface area (Å²) in [6, 6.07) is 11.6. The van der Waals surface area contributed by atoms with Crippen molar-refractivity contribution in [3.05, 3.63) is 59.4 Å². The summed E-state index contributed by atoms with van der Waals surface area (Å²) in [6.45, 7) is 0. The monoisotopic (exact) mass is 368 g/mol. The van der Waals surface area contributed by atoms with E-state index >= 15 is 0 Å². The van der Waals surface area contributed by atoms with Gasteiger partial charge in [0.25, 0.3) is 0 Å². The topological polar surface area (TPSA) is 54.0 Å². The van der Waals surface area contributed by atoms with Crippen LogP contribution in [0.1, 0.15) is 24.0 Å². The summed E-state index contributed by atoms with van der Waals surface area (Å²) in [5.41, 5.74) is 2.04. The molecule has 0 saturated carbocycles. The number of carbonyl (C=O) groups excluding carboxylic acids is 1. The summed E-state index contributed by atoms with van der Waals surface area (Å²) in [7, 11) is 4.79. The average molecular weight is 368 g/mol. The van der Waals surface area contributed by atoms with E-state index in [2.05, 4.69) is 0 Å². The van der Waals surface area contributed by atoms with Gasteiger partial charge in [-0.05, 0) is 42.2 Å². The van der Waals surface area contributed by atoms with Crippen molar-refractivity contribution in [3.8, 4) is 23.0 Å². The molecular weight excluding hydrogens is 344 g/mol. The van der Waals surface area contributed by atoms with Gasteiger partial charge in [-0.1, -0.05) is 12.1 Å². The highest BCUT2D eigenvalue weighted by atomic mass is 16.5. The fourth-order valence-corrected chi connectivity index (χ4v) is 3.07. The molecule has 2 aliphatic rings. The van der Waals surface area contributed by atoms with E-state index in [1.807, 2.05) is 30.3 Å².